The Morgan fingerprint density at radius 1 is 1.22 bits per heavy atom. The molecule has 100 valence electrons. The summed E-state index contributed by atoms with van der Waals surface area (Å²) in [6.07, 6.45) is 0.891. The van der Waals surface area contributed by atoms with Crippen LogP contribution in [-0.4, -0.2) is 18.1 Å². The van der Waals surface area contributed by atoms with Crippen LogP contribution >= 0.6 is 0 Å². The van der Waals surface area contributed by atoms with Gasteiger partial charge in [0.25, 0.3) is 5.91 Å². The molecule has 0 radical (unpaired) electrons. The van der Waals surface area contributed by atoms with Crippen LogP contribution in [0.3, 0.4) is 0 Å². The van der Waals surface area contributed by atoms with Crippen LogP contribution in [0.2, 0.25) is 0 Å². The van der Waals surface area contributed by atoms with Crippen LogP contribution in [0.15, 0.2) is 18.2 Å². The Bertz CT molecular complexity index is 404. The lowest BCUT2D eigenvalue weighted by molar-refractivity contribution is -0.124. The summed E-state index contributed by atoms with van der Waals surface area (Å²) in [5.74, 6) is 0.665. The van der Waals surface area contributed by atoms with Gasteiger partial charge in [0.05, 0.1) is 0 Å². The molecule has 0 aliphatic rings. The van der Waals surface area contributed by atoms with E-state index in [2.05, 4.69) is 11.4 Å². The van der Waals surface area contributed by atoms with Gasteiger partial charge in [-0.3, -0.25) is 4.79 Å². The standard InChI is InChI=1S/C15H23NO2/c1-6-15(4,5)16-14(17)10-18-13-8-11(2)7-12(3)9-13/h7-9H,6,10H2,1-5H3,(H,16,17). The molecule has 0 aliphatic heterocycles. The van der Waals surface area contributed by atoms with E-state index in [0.717, 1.165) is 23.3 Å². The van der Waals surface area contributed by atoms with E-state index in [-0.39, 0.29) is 18.1 Å². The van der Waals surface area contributed by atoms with Gasteiger partial charge in [-0.1, -0.05) is 13.0 Å². The highest BCUT2D eigenvalue weighted by Gasteiger charge is 2.17. The number of nitrogens with one attached hydrogen (secondary N) is 1. The lowest BCUT2D eigenvalue weighted by Crippen LogP contribution is -2.44. The Morgan fingerprint density at radius 2 is 1.78 bits per heavy atom. The van der Waals surface area contributed by atoms with Crippen LogP contribution in [0.4, 0.5) is 0 Å². The van der Waals surface area contributed by atoms with Crippen molar-refractivity contribution in [2.24, 2.45) is 0 Å². The minimum absolute atomic E-state index is 0.0618. The van der Waals surface area contributed by atoms with Crippen LogP contribution < -0.4 is 10.1 Å². The second-order valence-electron chi connectivity index (χ2n) is 5.40. The number of ether oxygens (including phenoxy) is 1. The van der Waals surface area contributed by atoms with Gasteiger partial charge < -0.3 is 10.1 Å². The zero-order valence-corrected chi connectivity index (χ0v) is 12.0. The molecule has 0 aromatic heterocycles. The van der Waals surface area contributed by atoms with Crippen LogP contribution in [0.1, 0.15) is 38.3 Å². The minimum atomic E-state index is -0.178. The highest BCUT2D eigenvalue weighted by molar-refractivity contribution is 5.78. The number of benzene rings is 1. The summed E-state index contributed by atoms with van der Waals surface area (Å²) in [6, 6.07) is 5.95. The lowest BCUT2D eigenvalue weighted by atomic mass is 10.0. The fraction of sp³-hybridized carbons (Fsp3) is 0.533. The van der Waals surface area contributed by atoms with Gasteiger partial charge in [0, 0.05) is 5.54 Å². The number of aryl methyl sites for hydroxylation is 2. The van der Waals surface area contributed by atoms with Crippen molar-refractivity contribution in [2.45, 2.75) is 46.6 Å². The van der Waals surface area contributed by atoms with Gasteiger partial charge in [-0.05, 0) is 57.4 Å². The zero-order chi connectivity index (χ0) is 13.8. The summed E-state index contributed by atoms with van der Waals surface area (Å²) in [7, 11) is 0. The fourth-order valence-electron chi connectivity index (χ4n) is 1.67. The molecule has 1 amide bonds. The van der Waals surface area contributed by atoms with Crippen LogP contribution in [0.5, 0.6) is 5.75 Å². The Hall–Kier alpha value is -1.51. The van der Waals surface area contributed by atoms with Crippen molar-refractivity contribution < 1.29 is 9.53 Å². The normalized spacial score (nSPS) is 11.2. The molecule has 0 fully saturated rings. The summed E-state index contributed by atoms with van der Waals surface area (Å²) in [6.45, 7) is 10.1. The maximum atomic E-state index is 11.7. The first kappa shape index (κ1) is 14.6. The average Bonchev–Trinajstić information content (AvgIpc) is 2.24. The molecule has 0 heterocycles. The van der Waals surface area contributed by atoms with Crippen LogP contribution in [0, 0.1) is 13.8 Å². The van der Waals surface area contributed by atoms with Crippen molar-refractivity contribution in [3.05, 3.63) is 29.3 Å². The van der Waals surface area contributed by atoms with E-state index in [0.29, 0.717) is 0 Å². The van der Waals surface area contributed by atoms with E-state index < -0.39 is 0 Å². The molecule has 0 bridgehead atoms. The van der Waals surface area contributed by atoms with Crippen LogP contribution in [0.25, 0.3) is 0 Å². The van der Waals surface area contributed by atoms with Crippen molar-refractivity contribution in [1.82, 2.24) is 5.32 Å². The molecule has 18 heavy (non-hydrogen) atoms. The molecule has 1 rings (SSSR count). The molecule has 1 aromatic rings. The van der Waals surface area contributed by atoms with Gasteiger partial charge in [-0.25, -0.2) is 0 Å². The molecular weight excluding hydrogens is 226 g/mol. The van der Waals surface area contributed by atoms with E-state index in [1.807, 2.05) is 46.8 Å². The first-order chi connectivity index (χ1) is 8.32. The quantitative estimate of drug-likeness (QED) is 0.871. The maximum absolute atomic E-state index is 11.7. The number of carbonyl (C=O) groups excluding carboxylic acids is 1. The van der Waals surface area contributed by atoms with E-state index in [4.69, 9.17) is 4.74 Å². The predicted octanol–water partition coefficient (Wildman–Crippen LogP) is 2.99. The topological polar surface area (TPSA) is 38.3 Å². The van der Waals surface area contributed by atoms with E-state index in [1.54, 1.807) is 0 Å². The van der Waals surface area contributed by atoms with Crippen molar-refractivity contribution in [2.75, 3.05) is 6.61 Å². The Kier molecular flexibility index (Phi) is 4.76. The summed E-state index contributed by atoms with van der Waals surface area (Å²) in [5.41, 5.74) is 2.10. The highest BCUT2D eigenvalue weighted by atomic mass is 16.5. The van der Waals surface area contributed by atoms with Gasteiger partial charge in [0.2, 0.25) is 0 Å². The first-order valence-electron chi connectivity index (χ1n) is 6.34. The van der Waals surface area contributed by atoms with Gasteiger partial charge in [-0.15, -0.1) is 0 Å². The van der Waals surface area contributed by atoms with Crippen LogP contribution in [-0.2, 0) is 4.79 Å². The maximum Gasteiger partial charge on any atom is 0.258 e. The summed E-state index contributed by atoms with van der Waals surface area (Å²) < 4.78 is 5.51. The smallest absolute Gasteiger partial charge is 0.258 e. The van der Waals surface area contributed by atoms with E-state index >= 15 is 0 Å². The molecule has 0 aliphatic carbocycles. The minimum Gasteiger partial charge on any atom is -0.484 e. The third kappa shape index (κ3) is 4.78. The zero-order valence-electron chi connectivity index (χ0n) is 12.0. The fourth-order valence-corrected chi connectivity index (χ4v) is 1.67. The van der Waals surface area contributed by atoms with Gasteiger partial charge in [0.1, 0.15) is 5.75 Å². The Balaban J connectivity index is 2.52. The molecule has 3 nitrogen and oxygen atoms in total. The van der Waals surface area contributed by atoms with E-state index in [9.17, 15) is 4.79 Å². The predicted molar refractivity (Wildman–Crippen MR) is 73.9 cm³/mol. The SMILES string of the molecule is CCC(C)(C)NC(=O)COc1cc(C)cc(C)c1. The second-order valence-corrected chi connectivity index (χ2v) is 5.40. The first-order valence-corrected chi connectivity index (χ1v) is 6.34. The summed E-state index contributed by atoms with van der Waals surface area (Å²) in [5, 5.41) is 2.94. The van der Waals surface area contributed by atoms with Crippen molar-refractivity contribution in [1.29, 1.82) is 0 Å². The van der Waals surface area contributed by atoms with Crippen molar-refractivity contribution in [3.8, 4) is 5.75 Å². The molecule has 1 N–H and O–H groups in total. The molecular formula is C15H23NO2. The monoisotopic (exact) mass is 249 g/mol. The van der Waals surface area contributed by atoms with Gasteiger partial charge in [0.15, 0.2) is 6.61 Å². The third-order valence-electron chi connectivity index (χ3n) is 2.93. The number of carbonyl (C=O) groups is 1. The molecule has 0 spiro atoms. The number of hydrogen-bond acceptors (Lipinski definition) is 2. The molecule has 0 saturated carbocycles. The highest BCUT2D eigenvalue weighted by Crippen LogP contribution is 2.16. The number of amides is 1. The molecule has 0 unspecified atom stereocenters. The van der Waals surface area contributed by atoms with E-state index in [1.165, 1.54) is 0 Å². The Labute approximate surface area is 110 Å². The molecule has 1 aromatic carbocycles. The number of hydrogen-bond donors (Lipinski definition) is 1. The molecule has 3 heteroatoms. The van der Waals surface area contributed by atoms with Crippen molar-refractivity contribution >= 4 is 5.91 Å². The Morgan fingerprint density at radius 3 is 2.28 bits per heavy atom. The average molecular weight is 249 g/mol. The number of rotatable bonds is 5. The summed E-state index contributed by atoms with van der Waals surface area (Å²) in [4.78, 5) is 11.7. The third-order valence-corrected chi connectivity index (χ3v) is 2.93. The van der Waals surface area contributed by atoms with Gasteiger partial charge >= 0.3 is 0 Å². The van der Waals surface area contributed by atoms with Crippen molar-refractivity contribution in [3.63, 3.8) is 0 Å². The largest absolute Gasteiger partial charge is 0.484 e. The second kappa shape index (κ2) is 5.89. The lowest BCUT2D eigenvalue weighted by Gasteiger charge is -2.24. The molecule has 0 atom stereocenters. The molecule has 0 saturated heterocycles. The summed E-state index contributed by atoms with van der Waals surface area (Å²) >= 11 is 0. The van der Waals surface area contributed by atoms with Gasteiger partial charge in [-0.2, -0.15) is 0 Å².